The molecule has 1 aromatic carbocycles. The first-order valence-corrected chi connectivity index (χ1v) is 6.81. The molecule has 0 bridgehead atoms. The molecular weight excluding hydrogens is 280 g/mol. The molecule has 0 atom stereocenters. The molecule has 1 rings (SSSR count). The lowest BCUT2D eigenvalue weighted by Crippen LogP contribution is -2.42. The van der Waals surface area contributed by atoms with E-state index in [-0.39, 0.29) is 13.2 Å². The van der Waals surface area contributed by atoms with Crippen LogP contribution >= 0.6 is 11.6 Å². The molecular formula is C14H19ClN2O3. The lowest BCUT2D eigenvalue weighted by molar-refractivity contribution is -0.139. The minimum atomic E-state index is -0.648. The van der Waals surface area contributed by atoms with E-state index in [4.69, 9.17) is 16.3 Å². The van der Waals surface area contributed by atoms with Gasteiger partial charge in [-0.3, -0.25) is 9.59 Å². The van der Waals surface area contributed by atoms with Crippen molar-refractivity contribution in [1.29, 1.82) is 0 Å². The highest BCUT2D eigenvalue weighted by atomic mass is 35.5. The summed E-state index contributed by atoms with van der Waals surface area (Å²) in [7, 11) is 0. The maximum absolute atomic E-state index is 11.4. The second-order valence-electron chi connectivity index (χ2n) is 4.66. The van der Waals surface area contributed by atoms with E-state index in [0.717, 1.165) is 0 Å². The second kappa shape index (κ2) is 8.43. The van der Waals surface area contributed by atoms with E-state index >= 15 is 0 Å². The normalized spacial score (nSPS) is 10.2. The molecule has 0 aromatic heterocycles. The van der Waals surface area contributed by atoms with E-state index in [9.17, 15) is 9.59 Å². The molecule has 0 saturated heterocycles. The molecule has 0 saturated carbocycles. The Labute approximate surface area is 123 Å². The first kappa shape index (κ1) is 16.3. The maximum Gasteiger partial charge on any atom is 0.309 e. The Morgan fingerprint density at radius 2 is 1.75 bits per heavy atom. The number of rotatable bonds is 6. The van der Waals surface area contributed by atoms with Crippen LogP contribution in [0.4, 0.5) is 0 Å². The van der Waals surface area contributed by atoms with Gasteiger partial charge in [-0.15, -0.1) is 0 Å². The van der Waals surface area contributed by atoms with E-state index in [2.05, 4.69) is 10.6 Å². The molecule has 2 N–H and O–H groups in total. The zero-order valence-electron chi connectivity index (χ0n) is 11.6. The highest BCUT2D eigenvalue weighted by Gasteiger charge is 2.12. The number of amides is 2. The van der Waals surface area contributed by atoms with Crippen molar-refractivity contribution < 1.29 is 14.3 Å². The van der Waals surface area contributed by atoms with E-state index in [1.807, 2.05) is 13.8 Å². The molecule has 0 radical (unpaired) electrons. The topological polar surface area (TPSA) is 67.4 Å². The van der Waals surface area contributed by atoms with Crippen LogP contribution in [0.25, 0.3) is 0 Å². The number of halogens is 1. The maximum atomic E-state index is 11.4. The van der Waals surface area contributed by atoms with Gasteiger partial charge in [0.1, 0.15) is 12.4 Å². The minimum absolute atomic E-state index is 0.260. The third kappa shape index (κ3) is 6.43. The van der Waals surface area contributed by atoms with Crippen LogP contribution in [0, 0.1) is 5.92 Å². The van der Waals surface area contributed by atoms with Gasteiger partial charge in [0.2, 0.25) is 0 Å². The van der Waals surface area contributed by atoms with Gasteiger partial charge >= 0.3 is 11.8 Å². The molecule has 0 aliphatic carbocycles. The molecule has 0 aliphatic rings. The Morgan fingerprint density at radius 3 is 2.35 bits per heavy atom. The van der Waals surface area contributed by atoms with Gasteiger partial charge in [0.05, 0.1) is 6.54 Å². The molecule has 0 aliphatic heterocycles. The summed E-state index contributed by atoms with van der Waals surface area (Å²) in [5.74, 6) is -0.302. The summed E-state index contributed by atoms with van der Waals surface area (Å²) < 4.78 is 5.38. The SMILES string of the molecule is CC(C)CNC(=O)C(=O)NCCOc1ccc(Cl)cc1. The molecule has 0 fully saturated rings. The van der Waals surface area contributed by atoms with Crippen LogP contribution < -0.4 is 15.4 Å². The number of carbonyl (C=O) groups is 2. The smallest absolute Gasteiger partial charge is 0.309 e. The van der Waals surface area contributed by atoms with Crippen LogP contribution in [0.2, 0.25) is 5.02 Å². The standard InChI is InChI=1S/C14H19ClN2O3/c1-10(2)9-17-14(19)13(18)16-7-8-20-12-5-3-11(15)4-6-12/h3-6,10H,7-9H2,1-2H3,(H,16,18)(H,17,19). The first-order valence-electron chi connectivity index (χ1n) is 6.43. The molecule has 6 heteroatoms. The molecule has 20 heavy (non-hydrogen) atoms. The molecule has 0 unspecified atom stereocenters. The van der Waals surface area contributed by atoms with Crippen molar-refractivity contribution in [3.8, 4) is 5.75 Å². The van der Waals surface area contributed by atoms with E-state index in [0.29, 0.717) is 23.2 Å². The minimum Gasteiger partial charge on any atom is -0.492 e. The quantitative estimate of drug-likeness (QED) is 0.619. The van der Waals surface area contributed by atoms with Crippen molar-refractivity contribution >= 4 is 23.4 Å². The fourth-order valence-corrected chi connectivity index (χ4v) is 1.45. The predicted molar refractivity (Wildman–Crippen MR) is 77.8 cm³/mol. The van der Waals surface area contributed by atoms with Crippen LogP contribution in [0.5, 0.6) is 5.75 Å². The lowest BCUT2D eigenvalue weighted by Gasteiger charge is -2.09. The lowest BCUT2D eigenvalue weighted by atomic mass is 10.2. The fourth-order valence-electron chi connectivity index (χ4n) is 1.32. The molecule has 2 amide bonds. The monoisotopic (exact) mass is 298 g/mol. The van der Waals surface area contributed by atoms with Gasteiger partial charge in [0, 0.05) is 11.6 Å². The summed E-state index contributed by atoms with van der Waals surface area (Å²) in [5, 5.41) is 5.66. The molecule has 1 aromatic rings. The fraction of sp³-hybridized carbons (Fsp3) is 0.429. The van der Waals surface area contributed by atoms with Gasteiger partial charge in [-0.1, -0.05) is 25.4 Å². The van der Waals surface area contributed by atoms with Gasteiger partial charge in [-0.2, -0.15) is 0 Å². The first-order chi connectivity index (χ1) is 9.49. The highest BCUT2D eigenvalue weighted by molar-refractivity contribution is 6.35. The molecule has 0 heterocycles. The largest absolute Gasteiger partial charge is 0.492 e. The van der Waals surface area contributed by atoms with Crippen molar-refractivity contribution in [2.75, 3.05) is 19.7 Å². The van der Waals surface area contributed by atoms with Crippen LogP contribution in [0.15, 0.2) is 24.3 Å². The van der Waals surface area contributed by atoms with Crippen molar-refractivity contribution in [3.63, 3.8) is 0 Å². The average molecular weight is 299 g/mol. The summed E-state index contributed by atoms with van der Waals surface area (Å²) >= 11 is 5.74. The number of ether oxygens (including phenoxy) is 1. The Hall–Kier alpha value is -1.75. The van der Waals surface area contributed by atoms with E-state index in [1.165, 1.54) is 0 Å². The Bertz CT molecular complexity index is 446. The summed E-state index contributed by atoms with van der Waals surface area (Å²) in [6.07, 6.45) is 0. The van der Waals surface area contributed by atoms with Gasteiger partial charge in [-0.05, 0) is 30.2 Å². The zero-order valence-corrected chi connectivity index (χ0v) is 12.4. The van der Waals surface area contributed by atoms with Crippen LogP contribution in [-0.2, 0) is 9.59 Å². The van der Waals surface area contributed by atoms with Crippen LogP contribution in [-0.4, -0.2) is 31.5 Å². The summed E-state index contributed by atoms with van der Waals surface area (Å²) in [4.78, 5) is 22.8. The number of carbonyl (C=O) groups excluding carboxylic acids is 2. The second-order valence-corrected chi connectivity index (χ2v) is 5.10. The third-order valence-electron chi connectivity index (χ3n) is 2.35. The van der Waals surface area contributed by atoms with Gasteiger partial charge in [0.25, 0.3) is 0 Å². The Kier molecular flexibility index (Phi) is 6.87. The number of benzene rings is 1. The van der Waals surface area contributed by atoms with Gasteiger partial charge < -0.3 is 15.4 Å². The average Bonchev–Trinajstić information content (AvgIpc) is 2.42. The Morgan fingerprint density at radius 1 is 1.15 bits per heavy atom. The highest BCUT2D eigenvalue weighted by Crippen LogP contribution is 2.14. The third-order valence-corrected chi connectivity index (χ3v) is 2.60. The number of hydrogen-bond acceptors (Lipinski definition) is 3. The van der Waals surface area contributed by atoms with Crippen molar-refractivity contribution in [1.82, 2.24) is 10.6 Å². The van der Waals surface area contributed by atoms with Crippen LogP contribution in [0.3, 0.4) is 0 Å². The van der Waals surface area contributed by atoms with Crippen molar-refractivity contribution in [3.05, 3.63) is 29.3 Å². The predicted octanol–water partition coefficient (Wildman–Crippen LogP) is 1.61. The molecule has 5 nitrogen and oxygen atoms in total. The molecule has 110 valence electrons. The van der Waals surface area contributed by atoms with E-state index in [1.54, 1.807) is 24.3 Å². The number of nitrogens with one attached hydrogen (secondary N) is 2. The molecule has 0 spiro atoms. The number of hydrogen-bond donors (Lipinski definition) is 2. The Balaban J connectivity index is 2.18. The van der Waals surface area contributed by atoms with Crippen LogP contribution in [0.1, 0.15) is 13.8 Å². The summed E-state index contributed by atoms with van der Waals surface area (Å²) in [5.41, 5.74) is 0. The summed E-state index contributed by atoms with van der Waals surface area (Å²) in [6.45, 7) is 4.94. The van der Waals surface area contributed by atoms with Crippen molar-refractivity contribution in [2.24, 2.45) is 5.92 Å². The zero-order chi connectivity index (χ0) is 15.0. The van der Waals surface area contributed by atoms with E-state index < -0.39 is 11.8 Å². The van der Waals surface area contributed by atoms with Crippen molar-refractivity contribution in [2.45, 2.75) is 13.8 Å². The van der Waals surface area contributed by atoms with Gasteiger partial charge in [0.15, 0.2) is 0 Å². The van der Waals surface area contributed by atoms with Gasteiger partial charge in [-0.25, -0.2) is 0 Å². The summed E-state index contributed by atoms with van der Waals surface area (Å²) in [6, 6.07) is 6.91.